The zero-order valence-corrected chi connectivity index (χ0v) is 13.6. The second-order valence-electron chi connectivity index (χ2n) is 5.29. The first kappa shape index (κ1) is 15.2. The molecule has 1 aliphatic heterocycles. The van der Waals surface area contributed by atoms with Crippen LogP contribution in [-0.4, -0.2) is 5.38 Å². The highest BCUT2D eigenvalue weighted by Crippen LogP contribution is 2.41. The number of hydrogen-bond acceptors (Lipinski definition) is 1. The van der Waals surface area contributed by atoms with Crippen LogP contribution < -0.4 is 0 Å². The SMILES string of the molecule is Clc1ccc([C@@H]2CC(Cl)C[C@H](c3ccc(Cl)cc3)O2)cc1. The molecule has 0 bridgehead atoms. The van der Waals surface area contributed by atoms with Crippen LogP contribution in [0.1, 0.15) is 36.2 Å². The molecule has 0 N–H and O–H groups in total. The Kier molecular flexibility index (Phi) is 4.75. The smallest absolute Gasteiger partial charge is 0.0847 e. The molecule has 0 saturated carbocycles. The zero-order chi connectivity index (χ0) is 14.8. The van der Waals surface area contributed by atoms with Gasteiger partial charge in [-0.15, -0.1) is 11.6 Å². The van der Waals surface area contributed by atoms with Gasteiger partial charge in [-0.05, 0) is 48.2 Å². The molecule has 1 aliphatic rings. The Morgan fingerprint density at radius 3 is 1.48 bits per heavy atom. The fourth-order valence-electron chi connectivity index (χ4n) is 2.65. The van der Waals surface area contributed by atoms with Crippen molar-refractivity contribution in [2.75, 3.05) is 0 Å². The molecular formula is C17H15Cl3O. The largest absolute Gasteiger partial charge is 0.365 e. The van der Waals surface area contributed by atoms with Crippen LogP contribution in [0.2, 0.25) is 10.0 Å². The molecule has 1 nitrogen and oxygen atoms in total. The fraction of sp³-hybridized carbons (Fsp3) is 0.294. The highest BCUT2D eigenvalue weighted by atomic mass is 35.5. The quantitative estimate of drug-likeness (QED) is 0.591. The van der Waals surface area contributed by atoms with Gasteiger partial charge in [-0.1, -0.05) is 47.5 Å². The molecule has 3 atom stereocenters. The molecule has 0 aliphatic carbocycles. The first-order chi connectivity index (χ1) is 10.1. The highest BCUT2D eigenvalue weighted by molar-refractivity contribution is 6.30. The minimum absolute atomic E-state index is 0.000746. The van der Waals surface area contributed by atoms with Crippen LogP contribution in [-0.2, 0) is 4.74 Å². The highest BCUT2D eigenvalue weighted by Gasteiger charge is 2.30. The van der Waals surface area contributed by atoms with Crippen LogP contribution in [0.25, 0.3) is 0 Å². The molecule has 110 valence electrons. The van der Waals surface area contributed by atoms with Crippen LogP contribution in [0.15, 0.2) is 48.5 Å². The molecule has 1 heterocycles. The molecule has 21 heavy (non-hydrogen) atoms. The standard InChI is InChI=1S/C17H15Cl3O/c18-13-5-1-11(2-6-13)16-9-15(20)10-17(21-16)12-3-7-14(19)8-4-12/h1-8,15-17H,9-10H2/t15?,16-,17+. The molecule has 0 spiro atoms. The number of ether oxygens (including phenoxy) is 1. The van der Waals surface area contributed by atoms with E-state index in [9.17, 15) is 0 Å². The van der Waals surface area contributed by atoms with Crippen molar-refractivity contribution in [2.24, 2.45) is 0 Å². The van der Waals surface area contributed by atoms with Gasteiger partial charge in [0.15, 0.2) is 0 Å². The Balaban J connectivity index is 1.81. The number of rotatable bonds is 2. The van der Waals surface area contributed by atoms with Gasteiger partial charge in [-0.2, -0.15) is 0 Å². The summed E-state index contributed by atoms with van der Waals surface area (Å²) in [5.74, 6) is 0. The zero-order valence-electron chi connectivity index (χ0n) is 11.3. The minimum Gasteiger partial charge on any atom is -0.365 e. The molecule has 2 aromatic rings. The molecular weight excluding hydrogens is 327 g/mol. The third kappa shape index (κ3) is 3.73. The summed E-state index contributed by atoms with van der Waals surface area (Å²) in [6.07, 6.45) is 1.62. The van der Waals surface area contributed by atoms with E-state index in [-0.39, 0.29) is 17.6 Å². The summed E-state index contributed by atoms with van der Waals surface area (Å²) in [6.45, 7) is 0. The summed E-state index contributed by atoms with van der Waals surface area (Å²) in [7, 11) is 0. The van der Waals surface area contributed by atoms with Crippen molar-refractivity contribution in [3.63, 3.8) is 0 Å². The molecule has 0 radical (unpaired) electrons. The van der Waals surface area contributed by atoms with E-state index in [0.29, 0.717) is 0 Å². The third-order valence-electron chi connectivity index (χ3n) is 3.75. The summed E-state index contributed by atoms with van der Waals surface area (Å²) in [5, 5.41) is 1.55. The Morgan fingerprint density at radius 1 is 0.714 bits per heavy atom. The van der Waals surface area contributed by atoms with E-state index >= 15 is 0 Å². The summed E-state index contributed by atoms with van der Waals surface area (Å²) in [6, 6.07) is 15.5. The first-order valence-electron chi connectivity index (χ1n) is 6.92. The summed E-state index contributed by atoms with van der Waals surface area (Å²) in [4.78, 5) is 0. The lowest BCUT2D eigenvalue weighted by atomic mass is 9.94. The predicted molar refractivity (Wildman–Crippen MR) is 88.3 cm³/mol. The molecule has 2 aromatic carbocycles. The van der Waals surface area contributed by atoms with Gasteiger partial charge in [0.05, 0.1) is 12.2 Å². The van der Waals surface area contributed by atoms with Gasteiger partial charge in [-0.3, -0.25) is 0 Å². The van der Waals surface area contributed by atoms with Crippen LogP contribution in [0, 0.1) is 0 Å². The topological polar surface area (TPSA) is 9.23 Å². The number of benzene rings is 2. The molecule has 1 unspecified atom stereocenters. The Morgan fingerprint density at radius 2 is 1.10 bits per heavy atom. The van der Waals surface area contributed by atoms with E-state index in [4.69, 9.17) is 39.5 Å². The normalized spacial score (nSPS) is 25.8. The van der Waals surface area contributed by atoms with Gasteiger partial charge in [-0.25, -0.2) is 0 Å². The van der Waals surface area contributed by atoms with Crippen LogP contribution in [0.3, 0.4) is 0 Å². The second kappa shape index (κ2) is 6.58. The summed E-state index contributed by atoms with van der Waals surface area (Å²) in [5.41, 5.74) is 2.23. The summed E-state index contributed by atoms with van der Waals surface area (Å²) < 4.78 is 6.24. The Labute approximate surface area is 139 Å². The van der Waals surface area contributed by atoms with Crippen molar-refractivity contribution >= 4 is 34.8 Å². The van der Waals surface area contributed by atoms with Gasteiger partial charge < -0.3 is 4.74 Å². The van der Waals surface area contributed by atoms with Crippen molar-refractivity contribution in [3.05, 3.63) is 69.7 Å². The second-order valence-corrected chi connectivity index (χ2v) is 6.78. The van der Waals surface area contributed by atoms with Gasteiger partial charge >= 0.3 is 0 Å². The Bertz CT molecular complexity index is 541. The average molecular weight is 342 g/mol. The fourth-order valence-corrected chi connectivity index (χ4v) is 3.23. The maximum absolute atomic E-state index is 6.44. The van der Waals surface area contributed by atoms with Crippen molar-refractivity contribution in [2.45, 2.75) is 30.4 Å². The predicted octanol–water partition coefficient (Wildman–Crippen LogP) is 6.19. The maximum atomic E-state index is 6.44. The van der Waals surface area contributed by atoms with E-state index in [0.717, 1.165) is 34.0 Å². The third-order valence-corrected chi connectivity index (χ3v) is 4.61. The van der Waals surface area contributed by atoms with Crippen molar-refractivity contribution in [1.82, 2.24) is 0 Å². The summed E-state index contributed by atoms with van der Waals surface area (Å²) >= 11 is 18.3. The molecule has 1 saturated heterocycles. The van der Waals surface area contributed by atoms with Gasteiger partial charge in [0.1, 0.15) is 0 Å². The van der Waals surface area contributed by atoms with E-state index < -0.39 is 0 Å². The lowest BCUT2D eigenvalue weighted by molar-refractivity contribution is -0.0516. The van der Waals surface area contributed by atoms with Crippen LogP contribution in [0.4, 0.5) is 0 Å². The van der Waals surface area contributed by atoms with Crippen molar-refractivity contribution in [1.29, 1.82) is 0 Å². The monoisotopic (exact) mass is 340 g/mol. The number of hydrogen-bond donors (Lipinski definition) is 0. The number of alkyl halides is 1. The van der Waals surface area contributed by atoms with E-state index in [2.05, 4.69) is 0 Å². The molecule has 0 amide bonds. The molecule has 0 aromatic heterocycles. The lowest BCUT2D eigenvalue weighted by Crippen LogP contribution is -2.23. The minimum atomic E-state index is -0.000746. The molecule has 1 fully saturated rings. The van der Waals surface area contributed by atoms with Gasteiger partial charge in [0, 0.05) is 15.4 Å². The van der Waals surface area contributed by atoms with E-state index in [1.807, 2.05) is 48.5 Å². The van der Waals surface area contributed by atoms with Crippen molar-refractivity contribution < 1.29 is 4.74 Å². The van der Waals surface area contributed by atoms with Crippen LogP contribution >= 0.6 is 34.8 Å². The van der Waals surface area contributed by atoms with Gasteiger partial charge in [0.25, 0.3) is 0 Å². The number of halogens is 3. The van der Waals surface area contributed by atoms with Gasteiger partial charge in [0.2, 0.25) is 0 Å². The molecule has 3 rings (SSSR count). The van der Waals surface area contributed by atoms with Crippen LogP contribution in [0.5, 0.6) is 0 Å². The lowest BCUT2D eigenvalue weighted by Gasteiger charge is -2.33. The van der Waals surface area contributed by atoms with E-state index in [1.165, 1.54) is 0 Å². The molecule has 4 heteroatoms. The van der Waals surface area contributed by atoms with Crippen molar-refractivity contribution in [3.8, 4) is 0 Å². The Hall–Kier alpha value is -0.730. The maximum Gasteiger partial charge on any atom is 0.0847 e. The average Bonchev–Trinajstić information content (AvgIpc) is 2.48. The van der Waals surface area contributed by atoms with E-state index in [1.54, 1.807) is 0 Å². The first-order valence-corrected chi connectivity index (χ1v) is 8.11.